The zero-order valence-electron chi connectivity index (χ0n) is 19.5. The number of hydrogen-bond donors (Lipinski definition) is 0. The Morgan fingerprint density at radius 1 is 0.971 bits per heavy atom. The average Bonchev–Trinajstić information content (AvgIpc) is 2.88. The number of rotatable bonds is 5. The third-order valence-corrected chi connectivity index (χ3v) is 6.98. The summed E-state index contributed by atoms with van der Waals surface area (Å²) in [4.78, 5) is 29.5. The highest BCUT2D eigenvalue weighted by molar-refractivity contribution is 6.33. The van der Waals surface area contributed by atoms with Gasteiger partial charge in [0.05, 0.1) is 34.3 Å². The number of piperidine rings is 1. The monoisotopic (exact) mass is 479 g/mol. The van der Waals surface area contributed by atoms with Crippen molar-refractivity contribution >= 4 is 40.0 Å². The molecule has 0 aliphatic carbocycles. The number of aromatic nitrogens is 2. The van der Waals surface area contributed by atoms with Crippen molar-refractivity contribution in [2.24, 2.45) is 5.92 Å². The first-order chi connectivity index (χ1) is 16.6. The summed E-state index contributed by atoms with van der Waals surface area (Å²) in [5.41, 5.74) is 2.69. The lowest BCUT2D eigenvalue weighted by Gasteiger charge is -2.40. The van der Waals surface area contributed by atoms with Crippen LogP contribution in [-0.2, 0) is 4.79 Å². The van der Waals surface area contributed by atoms with Crippen molar-refractivity contribution in [2.75, 3.05) is 55.7 Å². The molecule has 2 aromatic carbocycles. The van der Waals surface area contributed by atoms with Crippen molar-refractivity contribution in [3.8, 4) is 5.88 Å². The first kappa shape index (κ1) is 22.7. The van der Waals surface area contributed by atoms with E-state index in [-0.39, 0.29) is 11.8 Å². The molecular formula is C26H30ClN5O2. The fourth-order valence-electron chi connectivity index (χ4n) is 4.92. The second-order valence-corrected chi connectivity index (χ2v) is 9.23. The number of carbonyl (C=O) groups is 1. The van der Waals surface area contributed by atoms with Crippen LogP contribution in [0.3, 0.4) is 0 Å². The Labute approximate surface area is 205 Å². The van der Waals surface area contributed by atoms with E-state index in [1.54, 1.807) is 0 Å². The van der Waals surface area contributed by atoms with E-state index in [0.717, 1.165) is 60.0 Å². The number of piperazine rings is 1. The Kier molecular flexibility index (Phi) is 6.72. The predicted octanol–water partition coefficient (Wildman–Crippen LogP) is 4.25. The fourth-order valence-corrected chi connectivity index (χ4v) is 5.17. The van der Waals surface area contributed by atoms with Crippen LogP contribution in [0.1, 0.15) is 19.8 Å². The molecule has 0 bridgehead atoms. The molecule has 0 spiro atoms. The Balaban J connectivity index is 1.28. The van der Waals surface area contributed by atoms with E-state index >= 15 is 0 Å². The average molecular weight is 480 g/mol. The van der Waals surface area contributed by atoms with Crippen LogP contribution in [0.25, 0.3) is 11.0 Å². The molecule has 178 valence electrons. The maximum absolute atomic E-state index is 13.5. The van der Waals surface area contributed by atoms with Gasteiger partial charge in [0.1, 0.15) is 0 Å². The summed E-state index contributed by atoms with van der Waals surface area (Å²) < 4.78 is 5.85. The quantitative estimate of drug-likeness (QED) is 0.545. The molecule has 2 aliphatic rings. The van der Waals surface area contributed by atoms with Gasteiger partial charge in [-0.25, -0.2) is 9.97 Å². The van der Waals surface area contributed by atoms with E-state index in [9.17, 15) is 4.79 Å². The molecule has 2 aliphatic heterocycles. The molecule has 1 atom stereocenters. The summed E-state index contributed by atoms with van der Waals surface area (Å²) in [5, 5.41) is 0.756. The molecule has 8 heteroatoms. The Hall–Kier alpha value is -3.06. The van der Waals surface area contributed by atoms with E-state index in [0.29, 0.717) is 32.1 Å². The molecule has 1 aromatic heterocycles. The molecule has 2 saturated heterocycles. The predicted molar refractivity (Wildman–Crippen MR) is 136 cm³/mol. The SMILES string of the molecule is CCOc1nc2ccccc2nc1N1CCCC(C(=O)N2CCN(c3ccccc3Cl)CC2)C1. The molecule has 7 nitrogen and oxygen atoms in total. The van der Waals surface area contributed by atoms with Gasteiger partial charge in [-0.15, -0.1) is 0 Å². The molecule has 5 rings (SSSR count). The molecule has 0 radical (unpaired) electrons. The van der Waals surface area contributed by atoms with Gasteiger partial charge >= 0.3 is 0 Å². The summed E-state index contributed by atoms with van der Waals surface area (Å²) in [6, 6.07) is 15.7. The first-order valence-electron chi connectivity index (χ1n) is 12.1. The van der Waals surface area contributed by atoms with Crippen LogP contribution >= 0.6 is 11.6 Å². The standard InChI is InChI=1S/C26H30ClN5O2/c1-2-34-25-24(28-21-10-4-5-11-22(21)29-25)32-13-7-8-19(18-32)26(33)31-16-14-30(15-17-31)23-12-6-3-9-20(23)27/h3-6,9-12,19H,2,7-8,13-18H2,1H3. The minimum absolute atomic E-state index is 0.0524. The lowest BCUT2D eigenvalue weighted by Crippen LogP contribution is -2.52. The summed E-state index contributed by atoms with van der Waals surface area (Å²) >= 11 is 6.38. The number of para-hydroxylation sites is 3. The molecule has 1 unspecified atom stereocenters. The Morgan fingerprint density at radius 3 is 2.41 bits per heavy atom. The zero-order valence-corrected chi connectivity index (χ0v) is 20.2. The van der Waals surface area contributed by atoms with Crippen molar-refractivity contribution in [1.29, 1.82) is 0 Å². The van der Waals surface area contributed by atoms with Crippen LogP contribution in [-0.4, -0.2) is 66.7 Å². The minimum Gasteiger partial charge on any atom is -0.475 e. The molecule has 2 fully saturated rings. The third kappa shape index (κ3) is 4.62. The van der Waals surface area contributed by atoms with Crippen molar-refractivity contribution in [1.82, 2.24) is 14.9 Å². The smallest absolute Gasteiger partial charge is 0.258 e. The van der Waals surface area contributed by atoms with Crippen molar-refractivity contribution < 1.29 is 9.53 Å². The minimum atomic E-state index is -0.0524. The van der Waals surface area contributed by atoms with Gasteiger partial charge in [0.25, 0.3) is 5.88 Å². The summed E-state index contributed by atoms with van der Waals surface area (Å²) in [5.74, 6) is 1.46. The number of carbonyl (C=O) groups excluding carboxylic acids is 1. The van der Waals surface area contributed by atoms with Gasteiger partial charge in [-0.1, -0.05) is 35.9 Å². The molecule has 0 saturated carbocycles. The van der Waals surface area contributed by atoms with Crippen LogP contribution in [0, 0.1) is 5.92 Å². The van der Waals surface area contributed by atoms with Gasteiger partial charge in [0.15, 0.2) is 5.82 Å². The first-order valence-corrected chi connectivity index (χ1v) is 12.4. The molecule has 3 heterocycles. The maximum Gasteiger partial charge on any atom is 0.258 e. The van der Waals surface area contributed by atoms with Gasteiger partial charge in [0, 0.05) is 39.3 Å². The van der Waals surface area contributed by atoms with E-state index < -0.39 is 0 Å². The number of benzene rings is 2. The maximum atomic E-state index is 13.5. The van der Waals surface area contributed by atoms with Gasteiger partial charge in [0.2, 0.25) is 5.91 Å². The van der Waals surface area contributed by atoms with Gasteiger partial charge < -0.3 is 19.4 Å². The lowest BCUT2D eigenvalue weighted by atomic mass is 9.96. The van der Waals surface area contributed by atoms with E-state index in [4.69, 9.17) is 26.3 Å². The number of amides is 1. The number of halogens is 1. The summed E-state index contributed by atoms with van der Waals surface area (Å²) in [6.45, 7) is 6.94. The van der Waals surface area contributed by atoms with Crippen LogP contribution in [0.5, 0.6) is 5.88 Å². The van der Waals surface area contributed by atoms with E-state index in [1.165, 1.54) is 0 Å². The summed E-state index contributed by atoms with van der Waals surface area (Å²) in [7, 11) is 0. The number of ether oxygens (including phenoxy) is 1. The second kappa shape index (κ2) is 10.1. The molecule has 34 heavy (non-hydrogen) atoms. The van der Waals surface area contributed by atoms with E-state index in [2.05, 4.69) is 9.80 Å². The summed E-state index contributed by atoms with van der Waals surface area (Å²) in [6.07, 6.45) is 1.83. The molecule has 0 N–H and O–H groups in total. The van der Waals surface area contributed by atoms with Crippen molar-refractivity contribution in [3.05, 3.63) is 53.6 Å². The Morgan fingerprint density at radius 2 is 1.68 bits per heavy atom. The van der Waals surface area contributed by atoms with Gasteiger partial charge in [-0.2, -0.15) is 0 Å². The van der Waals surface area contributed by atoms with Crippen LogP contribution < -0.4 is 14.5 Å². The topological polar surface area (TPSA) is 61.8 Å². The zero-order chi connectivity index (χ0) is 23.5. The van der Waals surface area contributed by atoms with Crippen LogP contribution in [0.2, 0.25) is 5.02 Å². The molecular weight excluding hydrogens is 450 g/mol. The van der Waals surface area contributed by atoms with Crippen molar-refractivity contribution in [3.63, 3.8) is 0 Å². The highest BCUT2D eigenvalue weighted by atomic mass is 35.5. The Bertz CT molecular complexity index is 1160. The number of nitrogens with zero attached hydrogens (tertiary/aromatic N) is 5. The highest BCUT2D eigenvalue weighted by Crippen LogP contribution is 2.32. The van der Waals surface area contributed by atoms with Gasteiger partial charge in [-0.3, -0.25) is 4.79 Å². The van der Waals surface area contributed by atoms with Crippen molar-refractivity contribution in [2.45, 2.75) is 19.8 Å². The normalized spacial score (nSPS) is 18.9. The largest absolute Gasteiger partial charge is 0.475 e. The fraction of sp³-hybridized carbons (Fsp3) is 0.423. The third-order valence-electron chi connectivity index (χ3n) is 6.66. The van der Waals surface area contributed by atoms with Crippen LogP contribution in [0.15, 0.2) is 48.5 Å². The molecule has 3 aromatic rings. The lowest BCUT2D eigenvalue weighted by molar-refractivity contribution is -0.136. The number of fused-ring (bicyclic) bond motifs is 1. The van der Waals surface area contributed by atoms with Crippen LogP contribution in [0.4, 0.5) is 11.5 Å². The number of hydrogen-bond acceptors (Lipinski definition) is 6. The number of anilines is 2. The molecule has 1 amide bonds. The second-order valence-electron chi connectivity index (χ2n) is 8.82. The van der Waals surface area contributed by atoms with Gasteiger partial charge in [-0.05, 0) is 44.0 Å². The highest BCUT2D eigenvalue weighted by Gasteiger charge is 2.33. The van der Waals surface area contributed by atoms with E-state index in [1.807, 2.05) is 60.4 Å².